The molecule has 0 spiro atoms. The minimum Gasteiger partial charge on any atom is -0.324 e. The first-order valence-corrected chi connectivity index (χ1v) is 10.5. The third kappa shape index (κ3) is 3.36. The summed E-state index contributed by atoms with van der Waals surface area (Å²) < 4.78 is 0. The van der Waals surface area contributed by atoms with Gasteiger partial charge in [0.1, 0.15) is 12.1 Å². The number of nitrogens with one attached hydrogen (secondary N) is 2. The fourth-order valence-electron chi connectivity index (χ4n) is 4.44. The molecular formula is C24H27N3O3. The van der Waals surface area contributed by atoms with E-state index in [1.165, 1.54) is 11.1 Å². The van der Waals surface area contributed by atoms with E-state index in [9.17, 15) is 14.4 Å². The van der Waals surface area contributed by atoms with E-state index < -0.39 is 17.5 Å². The number of hydrogen-bond donors (Lipinski definition) is 2. The predicted molar refractivity (Wildman–Crippen MR) is 115 cm³/mol. The zero-order valence-corrected chi connectivity index (χ0v) is 17.7. The molecule has 2 aromatic carbocycles. The Morgan fingerprint density at radius 3 is 2.70 bits per heavy atom. The summed E-state index contributed by atoms with van der Waals surface area (Å²) in [4.78, 5) is 39.5. The standard InChI is InChI=1S/C24H27N3O3/c1-4-16-8-5-7-15(2)21(16)25-20(28)14-27-22(29)24(3,26-23(27)30)19-12-11-17-9-6-10-18(17)13-19/h5,7-8,11-13H,4,6,9-10,14H2,1-3H3,(H,25,28)(H,26,30)/t24-/m1/s1. The van der Waals surface area contributed by atoms with Crippen LogP contribution >= 0.6 is 0 Å². The lowest BCUT2D eigenvalue weighted by molar-refractivity contribution is -0.133. The smallest absolute Gasteiger partial charge is 0.324 e. The van der Waals surface area contributed by atoms with Crippen molar-refractivity contribution in [2.24, 2.45) is 0 Å². The topological polar surface area (TPSA) is 78.5 Å². The van der Waals surface area contributed by atoms with Crippen molar-refractivity contribution in [3.05, 3.63) is 64.2 Å². The number of anilines is 1. The van der Waals surface area contributed by atoms with E-state index in [1.54, 1.807) is 6.92 Å². The molecule has 1 aliphatic carbocycles. The van der Waals surface area contributed by atoms with Crippen LogP contribution in [0.5, 0.6) is 0 Å². The summed E-state index contributed by atoms with van der Waals surface area (Å²) in [6.45, 7) is 5.33. The molecule has 0 radical (unpaired) electrons. The molecule has 1 saturated heterocycles. The average molecular weight is 405 g/mol. The first-order valence-electron chi connectivity index (χ1n) is 10.5. The van der Waals surface area contributed by atoms with Crippen LogP contribution in [0.3, 0.4) is 0 Å². The largest absolute Gasteiger partial charge is 0.325 e. The van der Waals surface area contributed by atoms with Crippen molar-refractivity contribution in [2.75, 3.05) is 11.9 Å². The lowest BCUT2D eigenvalue weighted by atomic mass is 9.89. The van der Waals surface area contributed by atoms with Crippen LogP contribution in [0.15, 0.2) is 36.4 Å². The van der Waals surface area contributed by atoms with Gasteiger partial charge in [-0.05, 0) is 67.3 Å². The second kappa shape index (κ2) is 7.59. The van der Waals surface area contributed by atoms with E-state index in [0.29, 0.717) is 0 Å². The van der Waals surface area contributed by atoms with Crippen LogP contribution < -0.4 is 10.6 Å². The quantitative estimate of drug-likeness (QED) is 0.748. The highest BCUT2D eigenvalue weighted by Gasteiger charge is 2.49. The van der Waals surface area contributed by atoms with Gasteiger partial charge in [0.05, 0.1) is 0 Å². The number of urea groups is 1. The second-order valence-electron chi connectivity index (χ2n) is 8.29. The molecule has 2 aliphatic rings. The highest BCUT2D eigenvalue weighted by atomic mass is 16.2. The van der Waals surface area contributed by atoms with Crippen LogP contribution in [-0.2, 0) is 34.4 Å². The van der Waals surface area contributed by atoms with Gasteiger partial charge in [0, 0.05) is 5.69 Å². The number of aryl methyl sites for hydroxylation is 4. The lowest BCUT2D eigenvalue weighted by Crippen LogP contribution is -2.42. The van der Waals surface area contributed by atoms with Gasteiger partial charge >= 0.3 is 6.03 Å². The molecule has 1 aliphatic heterocycles. The summed E-state index contributed by atoms with van der Waals surface area (Å²) >= 11 is 0. The van der Waals surface area contributed by atoms with Crippen molar-refractivity contribution in [2.45, 2.75) is 52.0 Å². The number of fused-ring (bicyclic) bond motifs is 1. The van der Waals surface area contributed by atoms with E-state index in [2.05, 4.69) is 10.6 Å². The Hall–Kier alpha value is -3.15. The van der Waals surface area contributed by atoms with Gasteiger partial charge in [0.15, 0.2) is 0 Å². The van der Waals surface area contributed by atoms with Crippen molar-refractivity contribution in [3.8, 4) is 0 Å². The highest BCUT2D eigenvalue weighted by molar-refractivity contribution is 6.10. The van der Waals surface area contributed by atoms with Gasteiger partial charge in [-0.3, -0.25) is 14.5 Å². The van der Waals surface area contributed by atoms with E-state index >= 15 is 0 Å². The van der Waals surface area contributed by atoms with Crippen molar-refractivity contribution >= 4 is 23.5 Å². The van der Waals surface area contributed by atoms with Crippen LogP contribution in [0, 0.1) is 6.92 Å². The van der Waals surface area contributed by atoms with Gasteiger partial charge in [-0.15, -0.1) is 0 Å². The SMILES string of the molecule is CCc1cccc(C)c1NC(=O)CN1C(=O)N[C@](C)(c2ccc3c(c2)CCC3)C1=O. The number of hydrogen-bond acceptors (Lipinski definition) is 3. The van der Waals surface area contributed by atoms with Gasteiger partial charge in [0.25, 0.3) is 5.91 Å². The summed E-state index contributed by atoms with van der Waals surface area (Å²) in [6, 6.07) is 11.3. The Kier molecular flexibility index (Phi) is 5.10. The normalized spacial score (nSPS) is 20.3. The molecule has 156 valence electrons. The highest BCUT2D eigenvalue weighted by Crippen LogP contribution is 2.32. The molecule has 2 aromatic rings. The molecule has 0 aromatic heterocycles. The number of amides is 4. The molecule has 0 saturated carbocycles. The minimum atomic E-state index is -1.16. The fraction of sp³-hybridized carbons (Fsp3) is 0.375. The summed E-state index contributed by atoms with van der Waals surface area (Å²) in [6.07, 6.45) is 3.93. The minimum absolute atomic E-state index is 0.317. The number of para-hydroxylation sites is 1. The number of carbonyl (C=O) groups excluding carboxylic acids is 3. The lowest BCUT2D eigenvalue weighted by Gasteiger charge is -2.23. The summed E-state index contributed by atoms with van der Waals surface area (Å²) in [5.74, 6) is -0.790. The molecular weight excluding hydrogens is 378 g/mol. The molecule has 1 atom stereocenters. The Morgan fingerprint density at radius 2 is 1.93 bits per heavy atom. The molecule has 0 bridgehead atoms. The molecule has 1 fully saturated rings. The Bertz CT molecular complexity index is 1050. The summed E-state index contributed by atoms with van der Waals surface area (Å²) in [5.41, 5.74) is 4.85. The van der Waals surface area contributed by atoms with Crippen LogP contribution in [-0.4, -0.2) is 29.3 Å². The van der Waals surface area contributed by atoms with Gasteiger partial charge in [-0.25, -0.2) is 4.79 Å². The van der Waals surface area contributed by atoms with Crippen LogP contribution in [0.2, 0.25) is 0 Å². The summed E-state index contributed by atoms with van der Waals surface area (Å²) in [5, 5.41) is 5.68. The Balaban J connectivity index is 1.53. The predicted octanol–water partition coefficient (Wildman–Crippen LogP) is 3.45. The maximum absolute atomic E-state index is 13.2. The van der Waals surface area contributed by atoms with E-state index in [0.717, 1.165) is 53.0 Å². The van der Waals surface area contributed by atoms with Crippen molar-refractivity contribution in [1.29, 1.82) is 0 Å². The van der Waals surface area contributed by atoms with Crippen LogP contribution in [0.1, 0.15) is 48.1 Å². The van der Waals surface area contributed by atoms with Crippen molar-refractivity contribution in [3.63, 3.8) is 0 Å². The monoisotopic (exact) mass is 405 g/mol. The zero-order valence-electron chi connectivity index (χ0n) is 17.7. The summed E-state index contributed by atoms with van der Waals surface area (Å²) in [7, 11) is 0. The van der Waals surface area contributed by atoms with Crippen molar-refractivity contribution in [1.82, 2.24) is 10.2 Å². The number of carbonyl (C=O) groups is 3. The molecule has 30 heavy (non-hydrogen) atoms. The number of benzene rings is 2. The average Bonchev–Trinajstić information content (AvgIpc) is 3.28. The Labute approximate surface area is 176 Å². The maximum Gasteiger partial charge on any atom is 0.325 e. The third-order valence-corrected chi connectivity index (χ3v) is 6.26. The number of rotatable bonds is 5. The third-order valence-electron chi connectivity index (χ3n) is 6.26. The Morgan fingerprint density at radius 1 is 1.17 bits per heavy atom. The molecule has 1 heterocycles. The molecule has 6 heteroatoms. The molecule has 0 unspecified atom stereocenters. The fourth-order valence-corrected chi connectivity index (χ4v) is 4.44. The second-order valence-corrected chi connectivity index (χ2v) is 8.29. The van der Waals surface area contributed by atoms with E-state index in [4.69, 9.17) is 0 Å². The molecule has 2 N–H and O–H groups in total. The van der Waals surface area contributed by atoms with Gasteiger partial charge in [-0.1, -0.05) is 43.3 Å². The maximum atomic E-state index is 13.2. The molecule has 4 amide bonds. The van der Waals surface area contributed by atoms with Gasteiger partial charge in [0.2, 0.25) is 5.91 Å². The van der Waals surface area contributed by atoms with E-state index in [-0.39, 0.29) is 12.5 Å². The van der Waals surface area contributed by atoms with E-state index in [1.807, 2.05) is 50.2 Å². The first kappa shape index (κ1) is 20.1. The molecule has 4 rings (SSSR count). The number of imide groups is 1. The van der Waals surface area contributed by atoms with Crippen LogP contribution in [0.4, 0.5) is 10.5 Å². The number of nitrogens with zero attached hydrogens (tertiary/aromatic N) is 1. The zero-order chi connectivity index (χ0) is 21.5. The van der Waals surface area contributed by atoms with Gasteiger partial charge < -0.3 is 10.6 Å². The van der Waals surface area contributed by atoms with Crippen molar-refractivity contribution < 1.29 is 14.4 Å². The van der Waals surface area contributed by atoms with Crippen LogP contribution in [0.25, 0.3) is 0 Å². The molecule has 6 nitrogen and oxygen atoms in total. The van der Waals surface area contributed by atoms with Gasteiger partial charge in [-0.2, -0.15) is 0 Å². The first-order chi connectivity index (χ1) is 14.3.